The molecule has 48 heavy (non-hydrogen) atoms. The number of hydrogen-bond acceptors (Lipinski definition) is 8. The Labute approximate surface area is 274 Å². The van der Waals surface area contributed by atoms with Gasteiger partial charge in [-0.15, -0.1) is 0 Å². The number of aliphatic imine (C=N–C) groups is 1. The van der Waals surface area contributed by atoms with E-state index in [0.29, 0.717) is 58.7 Å². The molecule has 1 spiro atoms. The fraction of sp³-hybridized carbons (Fsp3) is 0.471. The number of nitrogens with zero attached hydrogens (tertiary/aromatic N) is 5. The summed E-state index contributed by atoms with van der Waals surface area (Å²) in [7, 11) is 0. The quantitative estimate of drug-likeness (QED) is 0.311. The molecule has 2 saturated carbocycles. The predicted octanol–water partition coefficient (Wildman–Crippen LogP) is 4.89. The van der Waals surface area contributed by atoms with E-state index >= 15 is 4.39 Å². The molecule has 0 unspecified atom stereocenters. The summed E-state index contributed by atoms with van der Waals surface area (Å²) in [5.74, 6) is -0.903. The second kappa shape index (κ2) is 11.9. The Bertz CT molecular complexity index is 1840. The minimum Gasteiger partial charge on any atom is -0.373 e. The van der Waals surface area contributed by atoms with Gasteiger partial charge in [-0.1, -0.05) is 0 Å². The second-order valence-corrected chi connectivity index (χ2v) is 13.2. The zero-order valence-corrected chi connectivity index (χ0v) is 26.5. The van der Waals surface area contributed by atoms with Gasteiger partial charge >= 0.3 is 6.18 Å². The van der Waals surface area contributed by atoms with Gasteiger partial charge in [0.05, 0.1) is 24.8 Å². The maximum Gasteiger partial charge on any atom is 0.433 e. The number of aryl methyl sites for hydroxylation is 1. The van der Waals surface area contributed by atoms with Crippen molar-refractivity contribution in [2.75, 3.05) is 11.4 Å². The monoisotopic (exact) mass is 665 g/mol. The third kappa shape index (κ3) is 6.25. The Morgan fingerprint density at radius 3 is 2.56 bits per heavy atom. The van der Waals surface area contributed by atoms with Crippen LogP contribution in [0.25, 0.3) is 11.1 Å². The van der Waals surface area contributed by atoms with E-state index in [4.69, 9.17) is 15.5 Å². The average molecular weight is 666 g/mol. The number of pyridine rings is 1. The van der Waals surface area contributed by atoms with E-state index in [-0.39, 0.29) is 48.7 Å². The molecule has 4 heterocycles. The zero-order chi connectivity index (χ0) is 34.0. The Morgan fingerprint density at radius 2 is 1.92 bits per heavy atom. The van der Waals surface area contributed by atoms with Crippen LogP contribution in [0.2, 0.25) is 0 Å². The van der Waals surface area contributed by atoms with Gasteiger partial charge in [-0.25, -0.2) is 19.3 Å². The summed E-state index contributed by atoms with van der Waals surface area (Å²) in [6.07, 6.45) is 0.882. The lowest BCUT2D eigenvalue weighted by Crippen LogP contribution is -2.53. The molecule has 2 aromatic heterocycles. The van der Waals surface area contributed by atoms with Gasteiger partial charge in [-0.2, -0.15) is 13.2 Å². The van der Waals surface area contributed by atoms with Gasteiger partial charge in [-0.3, -0.25) is 14.6 Å². The summed E-state index contributed by atoms with van der Waals surface area (Å²) in [5, 5.41) is 2.85. The van der Waals surface area contributed by atoms with E-state index in [1.807, 2.05) is 13.0 Å². The Kier molecular flexibility index (Phi) is 7.96. The predicted molar refractivity (Wildman–Crippen MR) is 168 cm³/mol. The largest absolute Gasteiger partial charge is 0.433 e. The molecule has 3 aromatic rings. The Balaban J connectivity index is 1.20. The molecule has 0 radical (unpaired) electrons. The molecule has 3 fully saturated rings. The van der Waals surface area contributed by atoms with Crippen molar-refractivity contribution in [3.8, 4) is 11.1 Å². The molecule has 7 rings (SSSR count). The highest BCUT2D eigenvalue weighted by Crippen LogP contribution is 2.44. The Hall–Kier alpha value is -4.46. The normalized spacial score (nSPS) is 22.6. The van der Waals surface area contributed by atoms with Crippen LogP contribution in [0.5, 0.6) is 0 Å². The van der Waals surface area contributed by atoms with Crippen LogP contribution in [-0.2, 0) is 33.5 Å². The molecule has 10 nitrogen and oxygen atoms in total. The zero-order valence-electron chi connectivity index (χ0n) is 26.5. The number of ether oxygens (including phenoxy) is 1. The number of benzene rings is 1. The number of anilines is 1. The van der Waals surface area contributed by atoms with Crippen molar-refractivity contribution in [2.24, 2.45) is 10.7 Å². The van der Waals surface area contributed by atoms with Gasteiger partial charge in [-0.05, 0) is 75.8 Å². The highest BCUT2D eigenvalue weighted by Gasteiger charge is 2.49. The number of carbonyl (C=O) groups is 2. The topological polar surface area (TPSA) is 136 Å². The SMILES string of the molecule is Cc1nc(CC(N)=O)ncc1-c1cc(F)c(COC2CC2)c(N2CC[C@]3(C[C@@H]2C)N=C(c2ccc(C(F)(F)F)nc2C2CC2)NC3=O)c1. The van der Waals surface area contributed by atoms with Crippen molar-refractivity contribution in [2.45, 2.75) is 95.2 Å². The van der Waals surface area contributed by atoms with Crippen molar-refractivity contribution in [3.63, 3.8) is 0 Å². The van der Waals surface area contributed by atoms with Crippen molar-refractivity contribution in [3.05, 3.63) is 70.3 Å². The van der Waals surface area contributed by atoms with Crippen LogP contribution in [-0.4, -0.2) is 56.8 Å². The second-order valence-electron chi connectivity index (χ2n) is 13.2. The third-order valence-corrected chi connectivity index (χ3v) is 9.49. The number of halogens is 4. The van der Waals surface area contributed by atoms with Crippen LogP contribution in [0.15, 0.2) is 35.5 Å². The summed E-state index contributed by atoms with van der Waals surface area (Å²) in [6.45, 7) is 4.14. The fourth-order valence-electron chi connectivity index (χ4n) is 6.69. The van der Waals surface area contributed by atoms with E-state index in [0.717, 1.165) is 31.7 Å². The number of hydrogen-bond donors (Lipinski definition) is 2. The van der Waals surface area contributed by atoms with Crippen molar-refractivity contribution in [1.29, 1.82) is 0 Å². The maximum atomic E-state index is 16.0. The fourth-order valence-corrected chi connectivity index (χ4v) is 6.69. The minimum atomic E-state index is -4.58. The minimum absolute atomic E-state index is 0.0845. The van der Waals surface area contributed by atoms with Crippen molar-refractivity contribution in [1.82, 2.24) is 20.3 Å². The first kappa shape index (κ1) is 32.1. The Morgan fingerprint density at radius 1 is 1.15 bits per heavy atom. The van der Waals surface area contributed by atoms with E-state index < -0.39 is 29.1 Å². The number of rotatable bonds is 9. The van der Waals surface area contributed by atoms with E-state index in [1.54, 1.807) is 13.1 Å². The third-order valence-electron chi connectivity index (χ3n) is 9.49. The number of aromatic nitrogens is 3. The first-order valence-corrected chi connectivity index (χ1v) is 16.1. The van der Waals surface area contributed by atoms with Crippen LogP contribution in [0.1, 0.15) is 85.4 Å². The smallest absolute Gasteiger partial charge is 0.373 e. The van der Waals surface area contributed by atoms with Crippen LogP contribution >= 0.6 is 0 Å². The molecular weight excluding hydrogens is 630 g/mol. The number of carbonyl (C=O) groups excluding carboxylic acids is 2. The lowest BCUT2D eigenvalue weighted by molar-refractivity contribution is -0.141. The van der Waals surface area contributed by atoms with Crippen LogP contribution < -0.4 is 16.0 Å². The highest BCUT2D eigenvalue weighted by molar-refractivity contribution is 6.16. The van der Waals surface area contributed by atoms with Crippen molar-refractivity contribution >= 4 is 23.3 Å². The van der Waals surface area contributed by atoms with Gasteiger partial charge in [0, 0.05) is 59.2 Å². The summed E-state index contributed by atoms with van der Waals surface area (Å²) in [4.78, 5) is 44.4. The lowest BCUT2D eigenvalue weighted by Gasteiger charge is -2.43. The summed E-state index contributed by atoms with van der Waals surface area (Å²) in [5.41, 5.74) is 6.67. The molecule has 0 bridgehead atoms. The van der Waals surface area contributed by atoms with Gasteiger partial charge < -0.3 is 20.7 Å². The summed E-state index contributed by atoms with van der Waals surface area (Å²) >= 11 is 0. The number of nitrogens with two attached hydrogens (primary N) is 1. The number of nitrogens with one attached hydrogen (secondary N) is 1. The molecular formula is C34H35F4N7O3. The van der Waals surface area contributed by atoms with Crippen LogP contribution in [0.4, 0.5) is 23.2 Å². The first-order chi connectivity index (χ1) is 22.8. The molecule has 2 aliphatic heterocycles. The molecule has 14 heteroatoms. The van der Waals surface area contributed by atoms with Gasteiger partial charge in [0.2, 0.25) is 5.91 Å². The lowest BCUT2D eigenvalue weighted by atomic mass is 9.83. The molecule has 1 saturated heterocycles. The van der Waals surface area contributed by atoms with Crippen LogP contribution in [0.3, 0.4) is 0 Å². The molecule has 4 aliphatic rings. The molecule has 3 N–H and O–H groups in total. The van der Waals surface area contributed by atoms with E-state index in [1.165, 1.54) is 12.1 Å². The highest BCUT2D eigenvalue weighted by atomic mass is 19.4. The van der Waals surface area contributed by atoms with Gasteiger partial charge in [0.15, 0.2) is 0 Å². The number of amides is 2. The van der Waals surface area contributed by atoms with Gasteiger partial charge in [0.25, 0.3) is 5.91 Å². The van der Waals surface area contributed by atoms with E-state index in [9.17, 15) is 22.8 Å². The maximum absolute atomic E-state index is 16.0. The van der Waals surface area contributed by atoms with Crippen molar-refractivity contribution < 1.29 is 31.9 Å². The molecule has 2 amide bonds. The standard InChI is InChI=1S/C34H35F4N7O3/c1-17-14-33(32(47)43-31(44-33)22-7-8-27(34(36,37)38)42-30(22)19-3-4-19)9-10-45(17)26-12-20(11-25(35)24(26)16-48-21-5-6-21)23-15-40-29(13-28(39)46)41-18(23)2/h7-8,11-12,15,17,19,21H,3-6,9-10,13-14,16H2,1-2H3,(H2,39,46)(H,43,44,47)/t17-,33+/m0/s1. The molecule has 252 valence electrons. The summed E-state index contributed by atoms with van der Waals surface area (Å²) in [6, 6.07) is 5.32. The number of primary amides is 1. The molecule has 1 aromatic carbocycles. The summed E-state index contributed by atoms with van der Waals surface area (Å²) < 4.78 is 62.3. The van der Waals surface area contributed by atoms with Crippen LogP contribution in [0, 0.1) is 12.7 Å². The number of piperidine rings is 1. The average Bonchev–Trinajstić information content (AvgIpc) is 3.95. The number of alkyl halides is 3. The molecule has 2 atom stereocenters. The van der Waals surface area contributed by atoms with E-state index in [2.05, 4.69) is 25.2 Å². The molecule has 2 aliphatic carbocycles. The number of amidine groups is 1. The van der Waals surface area contributed by atoms with Gasteiger partial charge in [0.1, 0.15) is 28.7 Å². The first-order valence-electron chi connectivity index (χ1n) is 16.1.